The van der Waals surface area contributed by atoms with Crippen molar-refractivity contribution < 1.29 is 4.74 Å². The highest BCUT2D eigenvalue weighted by atomic mass is 16.5. The highest BCUT2D eigenvalue weighted by molar-refractivity contribution is 5.51. The molecule has 1 N–H and O–H groups in total. The maximum atomic E-state index is 5.65. The molecule has 0 spiro atoms. The Morgan fingerprint density at radius 1 is 1.53 bits per heavy atom. The van der Waals surface area contributed by atoms with Gasteiger partial charge in [-0.15, -0.1) is 0 Å². The van der Waals surface area contributed by atoms with E-state index in [1.165, 1.54) is 0 Å². The Labute approximate surface area is 101 Å². The van der Waals surface area contributed by atoms with E-state index in [1.54, 1.807) is 0 Å². The van der Waals surface area contributed by atoms with Gasteiger partial charge in [-0.2, -0.15) is 0 Å². The fourth-order valence-electron chi connectivity index (χ4n) is 2.34. The maximum absolute atomic E-state index is 5.65. The summed E-state index contributed by atoms with van der Waals surface area (Å²) in [6, 6.07) is 6.10. The van der Waals surface area contributed by atoms with E-state index in [2.05, 4.69) is 34.6 Å². The zero-order chi connectivity index (χ0) is 11.9. The number of imidazole rings is 1. The fraction of sp³-hybridized carbons (Fsp3) is 0.462. The molecule has 1 aliphatic heterocycles. The molecular weight excluding hydrogens is 214 g/mol. The van der Waals surface area contributed by atoms with Crippen molar-refractivity contribution in [2.45, 2.75) is 31.9 Å². The molecule has 2 atom stereocenters. The Kier molecular flexibility index (Phi) is 2.33. The second-order valence-corrected chi connectivity index (χ2v) is 4.87. The van der Waals surface area contributed by atoms with Crippen LogP contribution in [0.25, 0.3) is 5.65 Å². The summed E-state index contributed by atoms with van der Waals surface area (Å²) in [5.74, 6) is 1.07. The van der Waals surface area contributed by atoms with E-state index in [-0.39, 0.29) is 11.6 Å². The minimum Gasteiger partial charge on any atom is -0.376 e. The van der Waals surface area contributed by atoms with Gasteiger partial charge in [-0.1, -0.05) is 6.07 Å². The minimum atomic E-state index is -0.00144. The summed E-state index contributed by atoms with van der Waals surface area (Å²) in [5, 5.41) is 3.59. The average Bonchev–Trinajstić information content (AvgIpc) is 2.88. The second kappa shape index (κ2) is 3.74. The van der Waals surface area contributed by atoms with Crippen LogP contribution in [-0.2, 0) is 4.74 Å². The van der Waals surface area contributed by atoms with Gasteiger partial charge in [0.1, 0.15) is 11.5 Å². The number of fused-ring (bicyclic) bond motifs is 1. The molecule has 0 bridgehead atoms. The number of nitrogens with one attached hydrogen (secondary N) is 1. The summed E-state index contributed by atoms with van der Waals surface area (Å²) >= 11 is 0. The van der Waals surface area contributed by atoms with Crippen molar-refractivity contribution in [1.29, 1.82) is 0 Å². The molecule has 1 aliphatic rings. The quantitative estimate of drug-likeness (QED) is 0.862. The Morgan fingerprint density at radius 3 is 3.18 bits per heavy atom. The summed E-state index contributed by atoms with van der Waals surface area (Å²) < 4.78 is 7.71. The summed E-state index contributed by atoms with van der Waals surface area (Å²) in [6.07, 6.45) is 5.04. The Balaban J connectivity index is 1.97. The first kappa shape index (κ1) is 10.6. The van der Waals surface area contributed by atoms with E-state index in [0.29, 0.717) is 0 Å². The van der Waals surface area contributed by atoms with Crippen molar-refractivity contribution >= 4 is 11.5 Å². The Hall–Kier alpha value is -1.55. The number of anilines is 1. The summed E-state index contributed by atoms with van der Waals surface area (Å²) in [6.45, 7) is 5.15. The van der Waals surface area contributed by atoms with Crippen LogP contribution in [0, 0.1) is 0 Å². The topological polar surface area (TPSA) is 38.6 Å². The smallest absolute Gasteiger partial charge is 0.138 e. The average molecular weight is 231 g/mol. The molecule has 4 heteroatoms. The number of hydrogen-bond acceptors (Lipinski definition) is 3. The minimum absolute atomic E-state index is 0.00144. The predicted octanol–water partition coefficient (Wildman–Crippen LogP) is 2.31. The van der Waals surface area contributed by atoms with Crippen LogP contribution in [0.5, 0.6) is 0 Å². The van der Waals surface area contributed by atoms with Crippen LogP contribution in [0.3, 0.4) is 0 Å². The Bertz CT molecular complexity index is 536. The third kappa shape index (κ3) is 1.69. The SMILES string of the molecule is CC1OCCC1(C)Nc1cccc2nccn12. The fourth-order valence-corrected chi connectivity index (χ4v) is 2.34. The number of ether oxygens (including phenoxy) is 1. The molecule has 17 heavy (non-hydrogen) atoms. The zero-order valence-corrected chi connectivity index (χ0v) is 10.2. The molecule has 0 aliphatic carbocycles. The van der Waals surface area contributed by atoms with Gasteiger partial charge in [-0.05, 0) is 32.4 Å². The van der Waals surface area contributed by atoms with Crippen molar-refractivity contribution in [2.75, 3.05) is 11.9 Å². The van der Waals surface area contributed by atoms with E-state index in [1.807, 2.05) is 24.5 Å². The molecule has 2 aromatic heterocycles. The van der Waals surface area contributed by atoms with Crippen LogP contribution in [0.4, 0.5) is 5.82 Å². The third-order valence-electron chi connectivity index (χ3n) is 3.73. The van der Waals surface area contributed by atoms with E-state index >= 15 is 0 Å². The number of nitrogens with zero attached hydrogens (tertiary/aromatic N) is 2. The van der Waals surface area contributed by atoms with Gasteiger partial charge in [-0.3, -0.25) is 4.40 Å². The number of hydrogen-bond donors (Lipinski definition) is 1. The van der Waals surface area contributed by atoms with Gasteiger partial charge in [0.15, 0.2) is 0 Å². The first-order valence-corrected chi connectivity index (χ1v) is 6.01. The molecule has 0 aromatic carbocycles. The monoisotopic (exact) mass is 231 g/mol. The van der Waals surface area contributed by atoms with Crippen molar-refractivity contribution in [3.05, 3.63) is 30.6 Å². The molecule has 90 valence electrons. The molecule has 0 radical (unpaired) electrons. The highest BCUT2D eigenvalue weighted by Gasteiger charge is 2.37. The van der Waals surface area contributed by atoms with Gasteiger partial charge in [-0.25, -0.2) is 4.98 Å². The summed E-state index contributed by atoms with van der Waals surface area (Å²) in [5.41, 5.74) is 0.962. The Morgan fingerprint density at radius 2 is 2.41 bits per heavy atom. The van der Waals surface area contributed by atoms with Crippen molar-refractivity contribution in [3.8, 4) is 0 Å². The van der Waals surface area contributed by atoms with E-state index in [0.717, 1.165) is 24.5 Å². The first-order valence-electron chi connectivity index (χ1n) is 6.01. The molecule has 4 nitrogen and oxygen atoms in total. The lowest BCUT2D eigenvalue weighted by atomic mass is 9.95. The van der Waals surface area contributed by atoms with E-state index in [4.69, 9.17) is 4.74 Å². The van der Waals surface area contributed by atoms with Gasteiger partial charge in [0, 0.05) is 19.0 Å². The van der Waals surface area contributed by atoms with Crippen LogP contribution >= 0.6 is 0 Å². The lowest BCUT2D eigenvalue weighted by Gasteiger charge is -2.30. The highest BCUT2D eigenvalue weighted by Crippen LogP contribution is 2.29. The molecule has 0 amide bonds. The molecular formula is C13H17N3O. The standard InChI is InChI=1S/C13H17N3O/c1-10-13(2,6-9-17-10)15-12-5-3-4-11-14-7-8-16(11)12/h3-5,7-8,10,15H,6,9H2,1-2H3. The maximum Gasteiger partial charge on any atom is 0.138 e. The molecule has 3 heterocycles. The van der Waals surface area contributed by atoms with Gasteiger partial charge in [0.25, 0.3) is 0 Å². The largest absolute Gasteiger partial charge is 0.376 e. The van der Waals surface area contributed by atoms with Crippen LogP contribution in [0.15, 0.2) is 30.6 Å². The second-order valence-electron chi connectivity index (χ2n) is 4.87. The van der Waals surface area contributed by atoms with Gasteiger partial charge < -0.3 is 10.1 Å². The first-order chi connectivity index (χ1) is 8.19. The molecule has 1 fully saturated rings. The molecule has 2 aromatic rings. The molecule has 1 saturated heterocycles. The molecule has 3 rings (SSSR count). The molecule has 0 saturated carbocycles. The predicted molar refractivity (Wildman–Crippen MR) is 67.3 cm³/mol. The van der Waals surface area contributed by atoms with E-state index in [9.17, 15) is 0 Å². The summed E-state index contributed by atoms with van der Waals surface area (Å²) in [4.78, 5) is 4.29. The van der Waals surface area contributed by atoms with Crippen molar-refractivity contribution in [1.82, 2.24) is 9.38 Å². The van der Waals surface area contributed by atoms with Crippen LogP contribution in [0.2, 0.25) is 0 Å². The van der Waals surface area contributed by atoms with Crippen LogP contribution in [-0.4, -0.2) is 27.6 Å². The summed E-state index contributed by atoms with van der Waals surface area (Å²) in [7, 11) is 0. The number of rotatable bonds is 2. The lowest BCUT2D eigenvalue weighted by molar-refractivity contribution is 0.105. The van der Waals surface area contributed by atoms with Gasteiger partial charge in [0.05, 0.1) is 11.6 Å². The van der Waals surface area contributed by atoms with E-state index < -0.39 is 0 Å². The van der Waals surface area contributed by atoms with Crippen molar-refractivity contribution in [3.63, 3.8) is 0 Å². The van der Waals surface area contributed by atoms with Crippen LogP contribution < -0.4 is 5.32 Å². The zero-order valence-electron chi connectivity index (χ0n) is 10.2. The van der Waals surface area contributed by atoms with Gasteiger partial charge in [0.2, 0.25) is 0 Å². The van der Waals surface area contributed by atoms with Crippen molar-refractivity contribution in [2.24, 2.45) is 0 Å². The van der Waals surface area contributed by atoms with Gasteiger partial charge >= 0.3 is 0 Å². The molecule has 2 unspecified atom stereocenters. The number of pyridine rings is 1. The normalized spacial score (nSPS) is 28.7. The van der Waals surface area contributed by atoms with Crippen LogP contribution in [0.1, 0.15) is 20.3 Å². The number of aromatic nitrogens is 2. The third-order valence-corrected chi connectivity index (χ3v) is 3.73. The lowest BCUT2D eigenvalue weighted by Crippen LogP contribution is -2.41.